The van der Waals surface area contributed by atoms with Crippen molar-refractivity contribution in [3.8, 4) is 0 Å². The molecule has 1 heterocycles. The molecule has 1 atom stereocenters. The molecule has 9 nitrogen and oxygen atoms in total. The van der Waals surface area contributed by atoms with Crippen molar-refractivity contribution in [2.45, 2.75) is 25.7 Å². The molecule has 1 saturated heterocycles. The van der Waals surface area contributed by atoms with Crippen LogP contribution in [0.5, 0.6) is 0 Å². The molecule has 9 heteroatoms. The quantitative estimate of drug-likeness (QED) is 0.410. The van der Waals surface area contributed by atoms with E-state index >= 15 is 0 Å². The summed E-state index contributed by atoms with van der Waals surface area (Å²) in [6.45, 7) is 1.67. The second-order valence-corrected chi connectivity index (χ2v) is 5.49. The lowest BCUT2D eigenvalue weighted by Crippen LogP contribution is -2.55. The van der Waals surface area contributed by atoms with Gasteiger partial charge in [-0.15, -0.1) is 0 Å². The molecule has 0 aromatic rings. The third-order valence-electron chi connectivity index (χ3n) is 4.19. The first-order valence-corrected chi connectivity index (χ1v) is 7.28. The van der Waals surface area contributed by atoms with Crippen molar-refractivity contribution in [2.75, 3.05) is 26.7 Å². The highest BCUT2D eigenvalue weighted by molar-refractivity contribution is 6.19. The second kappa shape index (κ2) is 7.91. The Labute approximate surface area is 132 Å². The van der Waals surface area contributed by atoms with E-state index in [9.17, 15) is 34.5 Å². The number of esters is 1. The molecule has 130 valence electrons. The number of piperidine rings is 1. The highest BCUT2D eigenvalue weighted by Gasteiger charge is 2.63. The Bertz CT molecular complexity index is 469. The number of rotatable bonds is 8. The Morgan fingerprint density at radius 3 is 1.96 bits per heavy atom. The summed E-state index contributed by atoms with van der Waals surface area (Å²) in [6, 6.07) is 0. The smallest absolute Gasteiger partial charge is 0.335 e. The van der Waals surface area contributed by atoms with Gasteiger partial charge in [-0.2, -0.15) is 0 Å². The summed E-state index contributed by atoms with van der Waals surface area (Å²) >= 11 is 0. The highest BCUT2D eigenvalue weighted by Crippen LogP contribution is 2.34. The number of ether oxygens (including phenoxy) is 1. The first-order chi connectivity index (χ1) is 10.8. The molecule has 0 saturated carbocycles. The van der Waals surface area contributed by atoms with Gasteiger partial charge in [0, 0.05) is 0 Å². The lowest BCUT2D eigenvalue weighted by Gasteiger charge is -2.31. The Hall–Kier alpha value is -2.16. The molecule has 3 N–H and O–H groups in total. The van der Waals surface area contributed by atoms with Crippen molar-refractivity contribution in [1.82, 2.24) is 4.90 Å². The lowest BCUT2D eigenvalue weighted by atomic mass is 9.73. The van der Waals surface area contributed by atoms with Gasteiger partial charge < -0.3 is 25.0 Å². The van der Waals surface area contributed by atoms with E-state index in [0.29, 0.717) is 0 Å². The summed E-state index contributed by atoms with van der Waals surface area (Å²) in [5.41, 5.74) is -3.16. The number of hydrogen-bond acceptors (Lipinski definition) is 6. The van der Waals surface area contributed by atoms with Crippen molar-refractivity contribution in [2.24, 2.45) is 11.3 Å². The third-order valence-corrected chi connectivity index (χ3v) is 4.19. The Morgan fingerprint density at radius 1 is 1.04 bits per heavy atom. The van der Waals surface area contributed by atoms with Crippen LogP contribution >= 0.6 is 0 Å². The van der Waals surface area contributed by atoms with E-state index in [1.54, 1.807) is 0 Å². The van der Waals surface area contributed by atoms with Gasteiger partial charge in [-0.05, 0) is 38.9 Å². The normalized spacial score (nSPS) is 17.3. The standard InChI is InChI=1S/C14H21NO8/c1-23-13(22)14(11(18)19,12(20)21)9(10(16)17)5-8-15-6-3-2-4-7-15/h9H,2-8H2,1H3,(H,16,17)(H,18,19)(H,20,21). The van der Waals surface area contributed by atoms with Gasteiger partial charge in [-0.3, -0.25) is 19.2 Å². The topological polar surface area (TPSA) is 141 Å². The SMILES string of the molecule is COC(=O)C(C(=O)O)(C(=O)O)C(CCN1CCCCC1)C(=O)O. The molecule has 1 aliphatic heterocycles. The number of carboxylic acid groups (broad SMARTS) is 3. The van der Waals surface area contributed by atoms with Crippen LogP contribution in [-0.2, 0) is 23.9 Å². The number of carbonyl (C=O) groups excluding carboxylic acids is 1. The number of likely N-dealkylation sites (tertiary alicyclic amines) is 1. The van der Waals surface area contributed by atoms with Crippen LogP contribution in [0.1, 0.15) is 25.7 Å². The maximum absolute atomic E-state index is 11.9. The molecule has 0 aromatic heterocycles. The summed E-state index contributed by atoms with van der Waals surface area (Å²) in [5.74, 6) is -9.25. The minimum Gasteiger partial charge on any atom is -0.481 e. The zero-order chi connectivity index (χ0) is 17.6. The van der Waals surface area contributed by atoms with E-state index in [2.05, 4.69) is 4.74 Å². The average Bonchev–Trinajstić information content (AvgIpc) is 2.50. The maximum Gasteiger partial charge on any atom is 0.335 e. The first-order valence-electron chi connectivity index (χ1n) is 7.28. The summed E-state index contributed by atoms with van der Waals surface area (Å²) < 4.78 is 4.28. The lowest BCUT2D eigenvalue weighted by molar-refractivity contribution is -0.187. The minimum absolute atomic E-state index is 0.205. The fraction of sp³-hybridized carbons (Fsp3) is 0.714. The fourth-order valence-electron chi connectivity index (χ4n) is 2.89. The van der Waals surface area contributed by atoms with Gasteiger partial charge in [0.15, 0.2) is 0 Å². The Kier molecular flexibility index (Phi) is 6.49. The van der Waals surface area contributed by atoms with Gasteiger partial charge >= 0.3 is 23.9 Å². The first kappa shape index (κ1) is 18.9. The molecule has 0 aliphatic carbocycles. The Balaban J connectivity index is 3.09. The molecule has 23 heavy (non-hydrogen) atoms. The molecule has 0 bridgehead atoms. The van der Waals surface area contributed by atoms with E-state index in [1.165, 1.54) is 0 Å². The number of nitrogens with zero attached hydrogens (tertiary/aromatic N) is 1. The van der Waals surface area contributed by atoms with Crippen LogP contribution in [0.15, 0.2) is 0 Å². The summed E-state index contributed by atoms with van der Waals surface area (Å²) in [5, 5.41) is 27.9. The van der Waals surface area contributed by atoms with Gasteiger partial charge in [-0.25, -0.2) is 0 Å². The second-order valence-electron chi connectivity index (χ2n) is 5.49. The van der Waals surface area contributed by atoms with E-state index in [-0.39, 0.29) is 13.0 Å². The van der Waals surface area contributed by atoms with Crippen LogP contribution in [-0.4, -0.2) is 70.8 Å². The highest BCUT2D eigenvalue weighted by atomic mass is 16.5. The van der Waals surface area contributed by atoms with E-state index < -0.39 is 35.2 Å². The average molecular weight is 331 g/mol. The molecule has 1 unspecified atom stereocenters. The molecular weight excluding hydrogens is 310 g/mol. The van der Waals surface area contributed by atoms with Crippen molar-refractivity contribution in [1.29, 1.82) is 0 Å². The van der Waals surface area contributed by atoms with E-state index in [1.807, 2.05) is 4.90 Å². The zero-order valence-electron chi connectivity index (χ0n) is 12.9. The number of methoxy groups -OCH3 is 1. The monoisotopic (exact) mass is 331 g/mol. The maximum atomic E-state index is 11.9. The predicted molar refractivity (Wildman–Crippen MR) is 75.8 cm³/mol. The summed E-state index contributed by atoms with van der Waals surface area (Å²) in [4.78, 5) is 48.3. The van der Waals surface area contributed by atoms with Crippen LogP contribution in [0.3, 0.4) is 0 Å². The van der Waals surface area contributed by atoms with Crippen molar-refractivity contribution in [3.63, 3.8) is 0 Å². The minimum atomic E-state index is -3.16. The van der Waals surface area contributed by atoms with Crippen molar-refractivity contribution >= 4 is 23.9 Å². The van der Waals surface area contributed by atoms with Crippen molar-refractivity contribution < 1.29 is 39.2 Å². The van der Waals surface area contributed by atoms with Crippen LogP contribution in [0.4, 0.5) is 0 Å². The van der Waals surface area contributed by atoms with Crippen LogP contribution in [0.25, 0.3) is 0 Å². The van der Waals surface area contributed by atoms with Gasteiger partial charge in [0.1, 0.15) is 0 Å². The largest absolute Gasteiger partial charge is 0.481 e. The molecule has 0 amide bonds. The molecule has 1 fully saturated rings. The number of carboxylic acids is 3. The zero-order valence-corrected chi connectivity index (χ0v) is 12.9. The van der Waals surface area contributed by atoms with Crippen LogP contribution in [0.2, 0.25) is 0 Å². The van der Waals surface area contributed by atoms with Gasteiger partial charge in [-0.1, -0.05) is 6.42 Å². The molecule has 0 spiro atoms. The molecule has 0 aromatic carbocycles. The third kappa shape index (κ3) is 3.79. The molecule has 1 rings (SSSR count). The Morgan fingerprint density at radius 2 is 1.57 bits per heavy atom. The summed E-state index contributed by atoms with van der Waals surface area (Å²) in [7, 11) is 0.826. The van der Waals surface area contributed by atoms with Crippen LogP contribution < -0.4 is 0 Å². The van der Waals surface area contributed by atoms with Crippen LogP contribution in [0, 0.1) is 11.3 Å². The predicted octanol–water partition coefficient (Wildman–Crippen LogP) is -0.108. The molecule has 0 radical (unpaired) electrons. The fourth-order valence-corrected chi connectivity index (χ4v) is 2.89. The van der Waals surface area contributed by atoms with Gasteiger partial charge in [0.25, 0.3) is 5.41 Å². The van der Waals surface area contributed by atoms with Crippen molar-refractivity contribution in [3.05, 3.63) is 0 Å². The van der Waals surface area contributed by atoms with Gasteiger partial charge in [0.2, 0.25) is 0 Å². The number of hydrogen-bond donors (Lipinski definition) is 3. The van der Waals surface area contributed by atoms with E-state index in [4.69, 9.17) is 0 Å². The molecular formula is C14H21NO8. The van der Waals surface area contributed by atoms with E-state index in [0.717, 1.165) is 39.5 Å². The van der Waals surface area contributed by atoms with Gasteiger partial charge in [0.05, 0.1) is 13.0 Å². The summed E-state index contributed by atoms with van der Waals surface area (Å²) in [6.07, 6.45) is 2.67. The number of aliphatic carboxylic acids is 3. The molecule has 1 aliphatic rings. The number of carbonyl (C=O) groups is 4.